The van der Waals surface area contributed by atoms with Crippen LogP contribution in [0.3, 0.4) is 0 Å². The van der Waals surface area contributed by atoms with Crippen LogP contribution >= 0.6 is 0 Å². The molecule has 0 aliphatic heterocycles. The van der Waals surface area contributed by atoms with Gasteiger partial charge in [-0.3, -0.25) is 0 Å². The molecule has 2 atom stereocenters. The fraction of sp³-hybridized carbons (Fsp3) is 0.684. The first-order valence-electron chi connectivity index (χ1n) is 8.82. The quantitative estimate of drug-likeness (QED) is 0.818. The zero-order valence-corrected chi connectivity index (χ0v) is 13.7. The van der Waals surface area contributed by atoms with Crippen molar-refractivity contribution in [2.45, 2.75) is 77.4 Å². The summed E-state index contributed by atoms with van der Waals surface area (Å²) < 4.78 is 6.34. The van der Waals surface area contributed by atoms with Gasteiger partial charge in [-0.2, -0.15) is 0 Å². The second kappa shape index (κ2) is 9.09. The molecule has 0 spiro atoms. The van der Waals surface area contributed by atoms with Gasteiger partial charge in [-0.1, -0.05) is 45.2 Å². The Morgan fingerprint density at radius 3 is 2.38 bits per heavy atom. The third-order valence-corrected chi connectivity index (χ3v) is 4.48. The van der Waals surface area contributed by atoms with Crippen molar-refractivity contribution in [2.24, 2.45) is 0 Å². The van der Waals surface area contributed by atoms with Crippen LogP contribution in [0.2, 0.25) is 0 Å². The number of hydrogen-bond acceptors (Lipinski definition) is 2. The maximum Gasteiger partial charge on any atom is 0.119 e. The number of aryl methyl sites for hydroxylation is 1. The lowest BCUT2D eigenvalue weighted by Gasteiger charge is -2.30. The SMILES string of the molecule is CCCNC1CCCCCCC1Oc1ccc(CC)cc1. The smallest absolute Gasteiger partial charge is 0.119 e. The van der Waals surface area contributed by atoms with Gasteiger partial charge in [-0.25, -0.2) is 0 Å². The van der Waals surface area contributed by atoms with E-state index in [1.807, 2.05) is 0 Å². The van der Waals surface area contributed by atoms with Gasteiger partial charge in [0, 0.05) is 6.04 Å². The molecular formula is C19H31NO. The van der Waals surface area contributed by atoms with Crippen molar-refractivity contribution in [3.8, 4) is 5.75 Å². The third kappa shape index (κ3) is 5.35. The van der Waals surface area contributed by atoms with E-state index in [1.165, 1.54) is 50.5 Å². The first kappa shape index (κ1) is 16.4. The molecule has 1 aromatic carbocycles. The molecule has 1 fully saturated rings. The first-order valence-corrected chi connectivity index (χ1v) is 8.82. The van der Waals surface area contributed by atoms with Crippen LogP contribution in [0.5, 0.6) is 5.75 Å². The van der Waals surface area contributed by atoms with Crippen LogP contribution in [-0.4, -0.2) is 18.7 Å². The summed E-state index contributed by atoms with van der Waals surface area (Å²) in [6.07, 6.45) is 10.4. The van der Waals surface area contributed by atoms with Gasteiger partial charge in [-0.15, -0.1) is 0 Å². The van der Waals surface area contributed by atoms with Gasteiger partial charge in [0.25, 0.3) is 0 Å². The molecule has 1 aliphatic rings. The fourth-order valence-electron chi connectivity index (χ4n) is 3.13. The van der Waals surface area contributed by atoms with Crippen molar-refractivity contribution >= 4 is 0 Å². The molecule has 2 rings (SSSR count). The van der Waals surface area contributed by atoms with Crippen molar-refractivity contribution in [3.63, 3.8) is 0 Å². The molecule has 1 saturated carbocycles. The monoisotopic (exact) mass is 289 g/mol. The summed E-state index contributed by atoms with van der Waals surface area (Å²) in [5.74, 6) is 1.03. The Labute approximate surface area is 130 Å². The minimum atomic E-state index is 0.323. The Bertz CT molecular complexity index is 385. The molecule has 21 heavy (non-hydrogen) atoms. The van der Waals surface area contributed by atoms with Crippen LogP contribution in [0, 0.1) is 0 Å². The highest BCUT2D eigenvalue weighted by Gasteiger charge is 2.23. The topological polar surface area (TPSA) is 21.3 Å². The van der Waals surface area contributed by atoms with E-state index in [-0.39, 0.29) is 0 Å². The highest BCUT2D eigenvalue weighted by Crippen LogP contribution is 2.23. The van der Waals surface area contributed by atoms with Crippen LogP contribution in [-0.2, 0) is 6.42 Å². The molecule has 118 valence electrons. The van der Waals surface area contributed by atoms with E-state index in [2.05, 4.69) is 43.4 Å². The minimum Gasteiger partial charge on any atom is -0.489 e. The standard InChI is InChI=1S/C19H31NO/c1-3-15-20-18-9-7-5-6-8-10-19(18)21-17-13-11-16(4-2)12-14-17/h11-14,18-20H,3-10,15H2,1-2H3. The molecular weight excluding hydrogens is 258 g/mol. The van der Waals surface area contributed by atoms with E-state index >= 15 is 0 Å². The van der Waals surface area contributed by atoms with Crippen LogP contribution in [0.1, 0.15) is 64.4 Å². The second-order valence-electron chi connectivity index (χ2n) is 6.21. The van der Waals surface area contributed by atoms with Gasteiger partial charge < -0.3 is 10.1 Å². The molecule has 2 heteroatoms. The molecule has 0 bridgehead atoms. The van der Waals surface area contributed by atoms with E-state index in [9.17, 15) is 0 Å². The van der Waals surface area contributed by atoms with Crippen molar-refractivity contribution in [3.05, 3.63) is 29.8 Å². The molecule has 0 saturated heterocycles. The largest absolute Gasteiger partial charge is 0.489 e. The highest BCUT2D eigenvalue weighted by atomic mass is 16.5. The zero-order valence-electron chi connectivity index (χ0n) is 13.7. The maximum absolute atomic E-state index is 6.34. The summed E-state index contributed by atoms with van der Waals surface area (Å²) in [6.45, 7) is 5.52. The molecule has 1 N–H and O–H groups in total. The Morgan fingerprint density at radius 1 is 1.00 bits per heavy atom. The predicted molar refractivity (Wildman–Crippen MR) is 90.0 cm³/mol. The van der Waals surface area contributed by atoms with Gasteiger partial charge in [-0.05, 0) is 56.3 Å². The van der Waals surface area contributed by atoms with Crippen LogP contribution in [0.25, 0.3) is 0 Å². The summed E-state index contributed by atoms with van der Waals surface area (Å²) in [5, 5.41) is 3.71. The molecule has 2 unspecified atom stereocenters. The average Bonchev–Trinajstić information content (AvgIpc) is 2.50. The van der Waals surface area contributed by atoms with Crippen LogP contribution < -0.4 is 10.1 Å². The van der Waals surface area contributed by atoms with E-state index in [0.29, 0.717) is 12.1 Å². The summed E-state index contributed by atoms with van der Waals surface area (Å²) in [5.41, 5.74) is 1.38. The van der Waals surface area contributed by atoms with E-state index < -0.39 is 0 Å². The zero-order chi connectivity index (χ0) is 14.9. The first-order chi connectivity index (χ1) is 10.3. The summed E-state index contributed by atoms with van der Waals surface area (Å²) in [6, 6.07) is 9.15. The van der Waals surface area contributed by atoms with Gasteiger partial charge in [0.2, 0.25) is 0 Å². The fourth-order valence-corrected chi connectivity index (χ4v) is 3.13. The van der Waals surface area contributed by atoms with Crippen molar-refractivity contribution in [1.82, 2.24) is 5.32 Å². The number of nitrogens with one attached hydrogen (secondary N) is 1. The number of rotatable bonds is 6. The summed E-state index contributed by atoms with van der Waals surface area (Å²) in [4.78, 5) is 0. The molecule has 0 radical (unpaired) electrons. The molecule has 1 aliphatic carbocycles. The Balaban J connectivity index is 1.99. The molecule has 0 aromatic heterocycles. The molecule has 2 nitrogen and oxygen atoms in total. The number of benzene rings is 1. The Morgan fingerprint density at radius 2 is 1.71 bits per heavy atom. The Kier molecular flexibility index (Phi) is 7.08. The minimum absolute atomic E-state index is 0.323. The van der Waals surface area contributed by atoms with E-state index in [0.717, 1.165) is 18.7 Å². The lowest BCUT2D eigenvalue weighted by Crippen LogP contribution is -2.44. The predicted octanol–water partition coefficient (Wildman–Crippen LogP) is 4.72. The van der Waals surface area contributed by atoms with Gasteiger partial charge in [0.05, 0.1) is 0 Å². The van der Waals surface area contributed by atoms with Crippen LogP contribution in [0.4, 0.5) is 0 Å². The average molecular weight is 289 g/mol. The van der Waals surface area contributed by atoms with Gasteiger partial charge >= 0.3 is 0 Å². The lowest BCUT2D eigenvalue weighted by atomic mass is 9.94. The van der Waals surface area contributed by atoms with E-state index in [4.69, 9.17) is 4.74 Å². The number of ether oxygens (including phenoxy) is 1. The number of hydrogen-bond donors (Lipinski definition) is 1. The lowest BCUT2D eigenvalue weighted by molar-refractivity contribution is 0.127. The van der Waals surface area contributed by atoms with Crippen molar-refractivity contribution in [2.75, 3.05) is 6.54 Å². The van der Waals surface area contributed by atoms with Gasteiger partial charge in [0.15, 0.2) is 0 Å². The highest BCUT2D eigenvalue weighted by molar-refractivity contribution is 5.27. The Hall–Kier alpha value is -1.02. The van der Waals surface area contributed by atoms with E-state index in [1.54, 1.807) is 0 Å². The summed E-state index contributed by atoms with van der Waals surface area (Å²) >= 11 is 0. The normalized spacial score (nSPS) is 23.3. The molecule has 0 heterocycles. The second-order valence-corrected chi connectivity index (χ2v) is 6.21. The molecule has 0 amide bonds. The maximum atomic E-state index is 6.34. The van der Waals surface area contributed by atoms with Crippen molar-refractivity contribution in [1.29, 1.82) is 0 Å². The summed E-state index contributed by atoms with van der Waals surface area (Å²) in [7, 11) is 0. The van der Waals surface area contributed by atoms with Gasteiger partial charge in [0.1, 0.15) is 11.9 Å². The third-order valence-electron chi connectivity index (χ3n) is 4.48. The van der Waals surface area contributed by atoms with Crippen LogP contribution in [0.15, 0.2) is 24.3 Å². The van der Waals surface area contributed by atoms with Crippen molar-refractivity contribution < 1.29 is 4.74 Å². The molecule has 1 aromatic rings.